The van der Waals surface area contributed by atoms with Gasteiger partial charge >= 0.3 is 0 Å². The maximum atomic E-state index is 12.2. The molecule has 1 heterocycles. The summed E-state index contributed by atoms with van der Waals surface area (Å²) in [6, 6.07) is 6.03. The minimum absolute atomic E-state index is 0.0111. The highest BCUT2D eigenvalue weighted by Gasteiger charge is 2.20. The first kappa shape index (κ1) is 13.9. The first-order valence-electron chi connectivity index (χ1n) is 6.25. The number of piperazine rings is 1. The van der Waals surface area contributed by atoms with Crippen LogP contribution in [0.15, 0.2) is 23.8 Å². The van der Waals surface area contributed by atoms with Crippen LogP contribution in [0.3, 0.4) is 0 Å². The van der Waals surface area contributed by atoms with Crippen LogP contribution in [0.1, 0.15) is 5.56 Å². The number of rotatable bonds is 2. The molecule has 0 aliphatic carbocycles. The predicted molar refractivity (Wildman–Crippen MR) is 72.8 cm³/mol. The number of amides is 1. The summed E-state index contributed by atoms with van der Waals surface area (Å²) in [4.78, 5) is 13.8. The lowest BCUT2D eigenvalue weighted by Gasteiger charge is -2.27. The Morgan fingerprint density at radius 2 is 2.00 bits per heavy atom. The van der Waals surface area contributed by atoms with Crippen molar-refractivity contribution in [2.24, 2.45) is 0 Å². The van der Waals surface area contributed by atoms with E-state index in [2.05, 4.69) is 5.32 Å². The molecule has 104 valence electrons. The molecule has 20 heavy (non-hydrogen) atoms. The zero-order chi connectivity index (χ0) is 14.5. The van der Waals surface area contributed by atoms with Gasteiger partial charge in [-0.2, -0.15) is 5.26 Å². The second kappa shape index (κ2) is 6.08. The van der Waals surface area contributed by atoms with Gasteiger partial charge in [0.1, 0.15) is 11.6 Å². The Bertz CT molecular complexity index is 584. The van der Waals surface area contributed by atoms with Crippen molar-refractivity contribution in [2.45, 2.75) is 0 Å². The van der Waals surface area contributed by atoms with Crippen molar-refractivity contribution >= 4 is 12.0 Å². The van der Waals surface area contributed by atoms with E-state index in [1.54, 1.807) is 4.90 Å². The Morgan fingerprint density at radius 1 is 1.30 bits per heavy atom. The highest BCUT2D eigenvalue weighted by Crippen LogP contribution is 2.26. The van der Waals surface area contributed by atoms with Crippen LogP contribution in [-0.4, -0.2) is 47.2 Å². The molecule has 0 unspecified atom stereocenters. The molecular formula is C14H15N3O3. The van der Waals surface area contributed by atoms with Crippen LogP contribution in [0, 0.1) is 11.3 Å². The molecule has 0 radical (unpaired) electrons. The van der Waals surface area contributed by atoms with E-state index >= 15 is 0 Å². The molecule has 1 aliphatic rings. The van der Waals surface area contributed by atoms with Gasteiger partial charge in [-0.25, -0.2) is 0 Å². The second-order valence-corrected chi connectivity index (χ2v) is 4.46. The number of phenols is 2. The smallest absolute Gasteiger partial charge is 0.264 e. The molecular weight excluding hydrogens is 258 g/mol. The van der Waals surface area contributed by atoms with Gasteiger partial charge in [-0.1, -0.05) is 6.07 Å². The molecule has 1 aliphatic heterocycles. The zero-order valence-corrected chi connectivity index (χ0v) is 10.8. The van der Waals surface area contributed by atoms with Gasteiger partial charge in [-0.15, -0.1) is 0 Å². The van der Waals surface area contributed by atoms with Gasteiger partial charge < -0.3 is 20.4 Å². The number of benzene rings is 1. The molecule has 0 saturated carbocycles. The van der Waals surface area contributed by atoms with Crippen LogP contribution >= 0.6 is 0 Å². The number of hydrogen-bond acceptors (Lipinski definition) is 5. The number of nitrogens with one attached hydrogen (secondary N) is 1. The molecule has 2 rings (SSSR count). The Labute approximate surface area is 116 Å². The molecule has 6 heteroatoms. The SMILES string of the molecule is N#C/C(=C\c1ccc(O)c(O)c1)C(=O)N1CCNCC1. The van der Waals surface area contributed by atoms with Crippen LogP contribution in [0.2, 0.25) is 0 Å². The normalized spacial score (nSPS) is 15.8. The number of carbonyl (C=O) groups is 1. The van der Waals surface area contributed by atoms with Gasteiger partial charge in [-0.05, 0) is 23.8 Å². The number of phenolic OH excluding ortho intramolecular Hbond substituents is 2. The third kappa shape index (κ3) is 3.08. The highest BCUT2D eigenvalue weighted by molar-refractivity contribution is 6.01. The molecule has 0 spiro atoms. The fraction of sp³-hybridized carbons (Fsp3) is 0.286. The van der Waals surface area contributed by atoms with Gasteiger partial charge in [0.25, 0.3) is 5.91 Å². The predicted octanol–water partition coefficient (Wildman–Crippen LogP) is 0.437. The molecule has 1 aromatic carbocycles. The van der Waals surface area contributed by atoms with Crippen LogP contribution in [0.25, 0.3) is 6.08 Å². The van der Waals surface area contributed by atoms with Crippen LogP contribution in [0.4, 0.5) is 0 Å². The molecule has 6 nitrogen and oxygen atoms in total. The summed E-state index contributed by atoms with van der Waals surface area (Å²) in [5.41, 5.74) is 0.498. The fourth-order valence-electron chi connectivity index (χ4n) is 1.98. The average molecular weight is 273 g/mol. The van der Waals surface area contributed by atoms with Gasteiger partial charge in [-0.3, -0.25) is 4.79 Å². The van der Waals surface area contributed by atoms with E-state index in [0.29, 0.717) is 31.7 Å². The monoisotopic (exact) mass is 273 g/mol. The molecule has 3 N–H and O–H groups in total. The second-order valence-electron chi connectivity index (χ2n) is 4.46. The van der Waals surface area contributed by atoms with Crippen LogP contribution < -0.4 is 5.32 Å². The molecule has 0 bridgehead atoms. The lowest BCUT2D eigenvalue weighted by atomic mass is 10.1. The highest BCUT2D eigenvalue weighted by atomic mass is 16.3. The van der Waals surface area contributed by atoms with Crippen molar-refractivity contribution in [1.82, 2.24) is 10.2 Å². The lowest BCUT2D eigenvalue weighted by Crippen LogP contribution is -2.46. The first-order valence-corrected chi connectivity index (χ1v) is 6.25. The summed E-state index contributed by atoms with van der Waals surface area (Å²) in [5.74, 6) is -0.846. The van der Waals surface area contributed by atoms with E-state index in [-0.39, 0.29) is 23.0 Å². The van der Waals surface area contributed by atoms with Crippen molar-refractivity contribution < 1.29 is 15.0 Å². The fourth-order valence-corrected chi connectivity index (χ4v) is 1.98. The van der Waals surface area contributed by atoms with Gasteiger partial charge in [0.05, 0.1) is 0 Å². The maximum Gasteiger partial charge on any atom is 0.264 e. The Balaban J connectivity index is 2.22. The van der Waals surface area contributed by atoms with Crippen molar-refractivity contribution in [2.75, 3.05) is 26.2 Å². The number of nitriles is 1. The van der Waals surface area contributed by atoms with Gasteiger partial charge in [0.2, 0.25) is 0 Å². The summed E-state index contributed by atoms with van der Waals surface area (Å²) in [7, 11) is 0. The molecule has 0 atom stereocenters. The van der Waals surface area contributed by atoms with Gasteiger partial charge in [0.15, 0.2) is 11.5 Å². The largest absolute Gasteiger partial charge is 0.504 e. The third-order valence-corrected chi connectivity index (χ3v) is 3.07. The number of aromatic hydroxyl groups is 2. The number of carbonyl (C=O) groups excluding carboxylic acids is 1. The van der Waals surface area contributed by atoms with E-state index in [0.717, 1.165) is 0 Å². The van der Waals surface area contributed by atoms with Crippen molar-refractivity contribution in [3.63, 3.8) is 0 Å². The van der Waals surface area contributed by atoms with E-state index in [1.807, 2.05) is 6.07 Å². The summed E-state index contributed by atoms with van der Waals surface area (Å²) in [6.07, 6.45) is 1.41. The standard InChI is InChI=1S/C14H15N3O3/c15-9-11(14(20)17-5-3-16-4-6-17)7-10-1-2-12(18)13(19)8-10/h1-2,7-8,16,18-19H,3-6H2/b11-7+. The summed E-state index contributed by atoms with van der Waals surface area (Å²) in [6.45, 7) is 2.56. The van der Waals surface area contributed by atoms with Crippen molar-refractivity contribution in [3.05, 3.63) is 29.3 Å². The Morgan fingerprint density at radius 3 is 2.60 bits per heavy atom. The van der Waals surface area contributed by atoms with Crippen LogP contribution in [0.5, 0.6) is 11.5 Å². The minimum Gasteiger partial charge on any atom is -0.504 e. The summed E-state index contributed by atoms with van der Waals surface area (Å²) < 4.78 is 0. The average Bonchev–Trinajstić information content (AvgIpc) is 2.48. The van der Waals surface area contributed by atoms with E-state index < -0.39 is 0 Å². The molecule has 1 saturated heterocycles. The van der Waals surface area contributed by atoms with Crippen molar-refractivity contribution in [3.8, 4) is 17.6 Å². The maximum absolute atomic E-state index is 12.2. The summed E-state index contributed by atoms with van der Waals surface area (Å²) in [5, 5.41) is 30.9. The molecule has 1 aromatic rings. The summed E-state index contributed by atoms with van der Waals surface area (Å²) >= 11 is 0. The Hall–Kier alpha value is -2.52. The van der Waals surface area contributed by atoms with E-state index in [9.17, 15) is 15.0 Å². The number of nitrogens with zero attached hydrogens (tertiary/aromatic N) is 2. The zero-order valence-electron chi connectivity index (χ0n) is 10.8. The molecule has 1 fully saturated rings. The minimum atomic E-state index is -0.318. The number of hydrogen-bond donors (Lipinski definition) is 3. The van der Waals surface area contributed by atoms with Gasteiger partial charge in [0, 0.05) is 26.2 Å². The van der Waals surface area contributed by atoms with E-state index in [1.165, 1.54) is 24.3 Å². The topological polar surface area (TPSA) is 96.6 Å². The van der Waals surface area contributed by atoms with Crippen LogP contribution in [-0.2, 0) is 4.79 Å². The lowest BCUT2D eigenvalue weighted by molar-refractivity contribution is -0.127. The quantitative estimate of drug-likeness (QED) is 0.412. The Kier molecular flexibility index (Phi) is 4.23. The first-order chi connectivity index (χ1) is 9.61. The van der Waals surface area contributed by atoms with E-state index in [4.69, 9.17) is 5.26 Å². The molecule has 1 amide bonds. The molecule has 0 aromatic heterocycles. The van der Waals surface area contributed by atoms with Crippen molar-refractivity contribution in [1.29, 1.82) is 5.26 Å². The third-order valence-electron chi connectivity index (χ3n) is 3.07.